The maximum Gasteiger partial charge on any atom is 0.256 e. The fourth-order valence-corrected chi connectivity index (χ4v) is 3.72. The molecule has 0 unspecified atom stereocenters. The molecule has 1 aromatic carbocycles. The molecule has 1 saturated heterocycles. The van der Waals surface area contributed by atoms with E-state index in [0.717, 1.165) is 43.1 Å². The fraction of sp³-hybridized carbons (Fsp3) is 0.400. The Bertz CT molecular complexity index is 1030. The van der Waals surface area contributed by atoms with Crippen molar-refractivity contribution >= 4 is 17.4 Å². The lowest BCUT2D eigenvalue weighted by atomic mass is 10.2. The van der Waals surface area contributed by atoms with Crippen LogP contribution in [0, 0.1) is 5.82 Å². The van der Waals surface area contributed by atoms with Crippen molar-refractivity contribution in [2.75, 3.05) is 31.1 Å². The highest BCUT2D eigenvalue weighted by molar-refractivity contribution is 5.94. The number of amides is 1. The standard InChI is InChI=1S/C20H21FN6O/c21-16-5-2-1-4-15(16)20(28)26-11-3-10-25(12-13-26)18-9-8-17-22-23-19(14-6-7-14)27(17)24-18/h1-2,4-5,8-9,14H,3,6-7,10-13H2. The number of carbonyl (C=O) groups is 1. The van der Waals surface area contributed by atoms with Crippen molar-refractivity contribution in [1.29, 1.82) is 0 Å². The Labute approximate surface area is 161 Å². The summed E-state index contributed by atoms with van der Waals surface area (Å²) in [5.41, 5.74) is 0.894. The van der Waals surface area contributed by atoms with Crippen LogP contribution in [0.25, 0.3) is 5.65 Å². The van der Waals surface area contributed by atoms with Crippen molar-refractivity contribution in [2.45, 2.75) is 25.2 Å². The number of halogens is 1. The molecule has 7 nitrogen and oxygen atoms in total. The van der Waals surface area contributed by atoms with E-state index in [1.165, 1.54) is 6.07 Å². The third-order valence-electron chi connectivity index (χ3n) is 5.43. The summed E-state index contributed by atoms with van der Waals surface area (Å²) in [7, 11) is 0. The molecule has 2 fully saturated rings. The van der Waals surface area contributed by atoms with Gasteiger partial charge in [0.1, 0.15) is 11.6 Å². The van der Waals surface area contributed by atoms with Crippen molar-refractivity contribution < 1.29 is 9.18 Å². The third-order valence-corrected chi connectivity index (χ3v) is 5.43. The highest BCUT2D eigenvalue weighted by atomic mass is 19.1. The quantitative estimate of drug-likeness (QED) is 0.698. The van der Waals surface area contributed by atoms with Crippen LogP contribution >= 0.6 is 0 Å². The number of carbonyl (C=O) groups excluding carboxylic acids is 1. The lowest BCUT2D eigenvalue weighted by Crippen LogP contribution is -2.35. The summed E-state index contributed by atoms with van der Waals surface area (Å²) in [4.78, 5) is 16.6. The summed E-state index contributed by atoms with van der Waals surface area (Å²) in [6.07, 6.45) is 3.09. The van der Waals surface area contributed by atoms with E-state index in [9.17, 15) is 9.18 Å². The zero-order chi connectivity index (χ0) is 19.1. The monoisotopic (exact) mass is 380 g/mol. The van der Waals surface area contributed by atoms with E-state index in [4.69, 9.17) is 5.10 Å². The molecule has 0 bridgehead atoms. The minimum atomic E-state index is -0.471. The molecule has 1 aliphatic heterocycles. The van der Waals surface area contributed by atoms with Gasteiger partial charge in [-0.05, 0) is 43.5 Å². The summed E-state index contributed by atoms with van der Waals surface area (Å²) in [6.45, 7) is 2.58. The Kier molecular flexibility index (Phi) is 4.18. The Morgan fingerprint density at radius 1 is 1.00 bits per heavy atom. The van der Waals surface area contributed by atoms with Crippen LogP contribution in [-0.4, -0.2) is 56.8 Å². The van der Waals surface area contributed by atoms with Gasteiger partial charge in [-0.1, -0.05) is 12.1 Å². The first-order chi connectivity index (χ1) is 13.7. The molecule has 3 heterocycles. The summed E-state index contributed by atoms with van der Waals surface area (Å²) < 4.78 is 15.8. The second-order valence-electron chi connectivity index (χ2n) is 7.41. The minimum Gasteiger partial charge on any atom is -0.353 e. The van der Waals surface area contributed by atoms with Crippen LogP contribution < -0.4 is 4.90 Å². The molecule has 0 radical (unpaired) electrons. The third kappa shape index (κ3) is 3.08. The average molecular weight is 380 g/mol. The second kappa shape index (κ2) is 6.85. The molecule has 0 spiro atoms. The number of hydrogen-bond donors (Lipinski definition) is 0. The number of nitrogens with zero attached hydrogens (tertiary/aromatic N) is 6. The summed E-state index contributed by atoms with van der Waals surface area (Å²) in [5.74, 6) is 1.53. The molecule has 0 N–H and O–H groups in total. The van der Waals surface area contributed by atoms with E-state index in [1.54, 1.807) is 23.1 Å². The van der Waals surface area contributed by atoms with Gasteiger partial charge in [0.2, 0.25) is 0 Å². The number of fused-ring (bicyclic) bond motifs is 1. The molecule has 1 saturated carbocycles. The average Bonchev–Trinajstić information content (AvgIpc) is 3.51. The molecule has 2 aromatic heterocycles. The van der Waals surface area contributed by atoms with Crippen LogP contribution in [0.3, 0.4) is 0 Å². The van der Waals surface area contributed by atoms with Crippen molar-refractivity contribution in [1.82, 2.24) is 24.7 Å². The van der Waals surface area contributed by atoms with Crippen LogP contribution in [-0.2, 0) is 0 Å². The maximum atomic E-state index is 14.0. The van der Waals surface area contributed by atoms with Gasteiger partial charge in [-0.2, -0.15) is 4.52 Å². The summed E-state index contributed by atoms with van der Waals surface area (Å²) in [6, 6.07) is 10.0. The maximum absolute atomic E-state index is 14.0. The van der Waals surface area contributed by atoms with Gasteiger partial charge >= 0.3 is 0 Å². The molecule has 8 heteroatoms. The lowest BCUT2D eigenvalue weighted by Gasteiger charge is -2.23. The largest absolute Gasteiger partial charge is 0.353 e. The van der Waals surface area contributed by atoms with Crippen LogP contribution in [0.5, 0.6) is 0 Å². The van der Waals surface area contributed by atoms with Crippen molar-refractivity contribution in [3.63, 3.8) is 0 Å². The Balaban J connectivity index is 1.34. The van der Waals surface area contributed by atoms with E-state index in [2.05, 4.69) is 15.1 Å². The number of anilines is 1. The summed E-state index contributed by atoms with van der Waals surface area (Å²) >= 11 is 0. The van der Waals surface area contributed by atoms with E-state index < -0.39 is 5.82 Å². The number of hydrogen-bond acceptors (Lipinski definition) is 5. The van der Waals surface area contributed by atoms with Gasteiger partial charge in [-0.15, -0.1) is 15.3 Å². The number of benzene rings is 1. The normalized spacial score (nSPS) is 17.8. The first kappa shape index (κ1) is 17.1. The minimum absolute atomic E-state index is 0.133. The Hall–Kier alpha value is -3.03. The lowest BCUT2D eigenvalue weighted by molar-refractivity contribution is 0.0762. The van der Waals surface area contributed by atoms with E-state index >= 15 is 0 Å². The zero-order valence-corrected chi connectivity index (χ0v) is 15.5. The van der Waals surface area contributed by atoms with Gasteiger partial charge in [-0.25, -0.2) is 4.39 Å². The Morgan fingerprint density at radius 3 is 2.68 bits per heavy atom. The van der Waals surface area contributed by atoms with Gasteiger partial charge in [0, 0.05) is 32.1 Å². The molecule has 144 valence electrons. The molecule has 1 aliphatic carbocycles. The van der Waals surface area contributed by atoms with Crippen molar-refractivity contribution in [3.8, 4) is 0 Å². The molecule has 28 heavy (non-hydrogen) atoms. The van der Waals surface area contributed by atoms with Gasteiger partial charge in [0.15, 0.2) is 11.5 Å². The second-order valence-corrected chi connectivity index (χ2v) is 7.41. The molecular weight excluding hydrogens is 359 g/mol. The predicted octanol–water partition coefficient (Wildman–Crippen LogP) is 2.49. The highest BCUT2D eigenvalue weighted by Crippen LogP contribution is 2.38. The predicted molar refractivity (Wildman–Crippen MR) is 102 cm³/mol. The van der Waals surface area contributed by atoms with Crippen molar-refractivity contribution in [2.24, 2.45) is 0 Å². The highest BCUT2D eigenvalue weighted by Gasteiger charge is 2.29. The van der Waals surface area contributed by atoms with Crippen LogP contribution in [0.1, 0.15) is 41.4 Å². The van der Waals surface area contributed by atoms with Gasteiger partial charge in [0.25, 0.3) is 5.91 Å². The van der Waals surface area contributed by atoms with E-state index in [1.807, 2.05) is 16.6 Å². The topological polar surface area (TPSA) is 66.6 Å². The van der Waals surface area contributed by atoms with Crippen LogP contribution in [0.15, 0.2) is 36.4 Å². The SMILES string of the molecule is O=C(c1ccccc1F)N1CCCN(c2ccc3nnc(C4CC4)n3n2)CC1. The molecule has 2 aliphatic rings. The molecule has 5 rings (SSSR count). The van der Waals surface area contributed by atoms with Crippen LogP contribution in [0.4, 0.5) is 10.2 Å². The Morgan fingerprint density at radius 2 is 1.86 bits per heavy atom. The molecule has 0 atom stereocenters. The molecular formula is C20H21FN6O. The van der Waals surface area contributed by atoms with E-state index in [-0.39, 0.29) is 11.5 Å². The molecule has 3 aromatic rings. The zero-order valence-electron chi connectivity index (χ0n) is 15.5. The van der Waals surface area contributed by atoms with Crippen molar-refractivity contribution in [3.05, 3.63) is 53.6 Å². The van der Waals surface area contributed by atoms with Gasteiger partial charge < -0.3 is 9.80 Å². The number of aromatic nitrogens is 4. The first-order valence-electron chi connectivity index (χ1n) is 9.72. The van der Waals surface area contributed by atoms with Gasteiger partial charge in [-0.3, -0.25) is 4.79 Å². The van der Waals surface area contributed by atoms with Gasteiger partial charge in [0.05, 0.1) is 5.56 Å². The van der Waals surface area contributed by atoms with Crippen LogP contribution in [0.2, 0.25) is 0 Å². The summed E-state index contributed by atoms with van der Waals surface area (Å²) in [5, 5.41) is 13.2. The first-order valence-corrected chi connectivity index (χ1v) is 9.72. The van der Waals surface area contributed by atoms with E-state index in [0.29, 0.717) is 25.6 Å². The number of rotatable bonds is 3. The smallest absolute Gasteiger partial charge is 0.256 e. The molecule has 1 amide bonds. The fourth-order valence-electron chi connectivity index (χ4n) is 3.72.